The molecule has 0 bridgehead atoms. The second kappa shape index (κ2) is 9.68. The molecule has 3 aromatic carbocycles. The molecule has 0 saturated carbocycles. The van der Waals surface area contributed by atoms with Gasteiger partial charge in [-0.05, 0) is 60.5 Å². The Morgan fingerprint density at radius 1 is 0.943 bits per heavy atom. The third kappa shape index (κ3) is 4.52. The smallest absolute Gasteiger partial charge is 0.274 e. The van der Waals surface area contributed by atoms with E-state index in [9.17, 15) is 4.79 Å². The van der Waals surface area contributed by atoms with Crippen LogP contribution in [-0.4, -0.2) is 36.8 Å². The Morgan fingerprint density at radius 3 is 2.43 bits per heavy atom. The van der Waals surface area contributed by atoms with Crippen LogP contribution in [-0.2, 0) is 0 Å². The van der Waals surface area contributed by atoms with Crippen LogP contribution in [0.5, 0.6) is 23.0 Å². The number of imidazole rings is 1. The van der Waals surface area contributed by atoms with E-state index in [0.29, 0.717) is 40.0 Å². The number of methoxy groups -OCH3 is 2. The van der Waals surface area contributed by atoms with Gasteiger partial charge in [0.25, 0.3) is 5.56 Å². The van der Waals surface area contributed by atoms with Crippen LogP contribution in [0.25, 0.3) is 22.1 Å². The van der Waals surface area contributed by atoms with Crippen LogP contribution in [0.4, 0.5) is 0 Å². The lowest BCUT2D eigenvalue weighted by Crippen LogP contribution is -2.22. The normalized spacial score (nSPS) is 11.8. The van der Waals surface area contributed by atoms with Crippen molar-refractivity contribution in [1.29, 1.82) is 0 Å². The van der Waals surface area contributed by atoms with Gasteiger partial charge >= 0.3 is 0 Å². The number of hydrogen-bond acceptors (Lipinski definition) is 7. The maximum absolute atomic E-state index is 13.1. The number of nitrogens with zero attached hydrogens (tertiary/aromatic N) is 2. The highest BCUT2D eigenvalue weighted by molar-refractivity contribution is 7.15. The SMILES string of the molecule is COc1cc(/C=c2\sc3nc4ccccc4n3c2=O)cc(OC)c1OCCOc1cccc(C)c1. The molecule has 0 fully saturated rings. The molecule has 5 aromatic rings. The van der Waals surface area contributed by atoms with Crippen LogP contribution in [0.1, 0.15) is 11.1 Å². The molecule has 0 aliphatic carbocycles. The standard InChI is InChI=1S/C27H24N2O5S/c1-17-7-6-8-19(13-17)33-11-12-34-25-22(31-2)14-18(15-23(25)32-3)16-24-26(30)29-21-10-5-4-9-20(21)28-27(29)35-24/h4-10,13-16H,11-12H2,1-3H3/b24-16-. The van der Waals surface area contributed by atoms with E-state index in [2.05, 4.69) is 4.98 Å². The zero-order valence-electron chi connectivity index (χ0n) is 19.6. The third-order valence-corrected chi connectivity index (χ3v) is 6.48. The van der Waals surface area contributed by atoms with Gasteiger partial charge in [0.05, 0.1) is 29.8 Å². The van der Waals surface area contributed by atoms with E-state index in [1.165, 1.54) is 11.3 Å². The Morgan fingerprint density at radius 2 is 1.69 bits per heavy atom. The van der Waals surface area contributed by atoms with E-state index in [1.807, 2.05) is 73.7 Å². The maximum atomic E-state index is 13.1. The van der Waals surface area contributed by atoms with Crippen LogP contribution in [0.3, 0.4) is 0 Å². The number of ether oxygens (including phenoxy) is 4. The van der Waals surface area contributed by atoms with Gasteiger partial charge < -0.3 is 18.9 Å². The number of rotatable bonds is 8. The summed E-state index contributed by atoms with van der Waals surface area (Å²) in [6, 6.07) is 19.1. The Kier molecular flexibility index (Phi) is 6.29. The van der Waals surface area contributed by atoms with Gasteiger partial charge in [0.1, 0.15) is 19.0 Å². The molecular weight excluding hydrogens is 464 g/mol. The van der Waals surface area contributed by atoms with Crippen LogP contribution in [0.15, 0.2) is 65.5 Å². The van der Waals surface area contributed by atoms with Gasteiger partial charge in [-0.1, -0.05) is 35.6 Å². The number of aryl methyl sites for hydroxylation is 1. The van der Waals surface area contributed by atoms with Gasteiger partial charge in [-0.15, -0.1) is 0 Å². The molecule has 0 aliphatic heterocycles. The van der Waals surface area contributed by atoms with E-state index in [4.69, 9.17) is 18.9 Å². The number of fused-ring (bicyclic) bond motifs is 3. The van der Waals surface area contributed by atoms with Crippen molar-refractivity contribution in [3.63, 3.8) is 0 Å². The maximum Gasteiger partial charge on any atom is 0.274 e. The fourth-order valence-electron chi connectivity index (χ4n) is 3.90. The Bertz CT molecular complexity index is 1600. The molecule has 0 N–H and O–H groups in total. The van der Waals surface area contributed by atoms with Crippen molar-refractivity contribution in [2.75, 3.05) is 27.4 Å². The minimum atomic E-state index is -0.106. The van der Waals surface area contributed by atoms with E-state index in [-0.39, 0.29) is 5.56 Å². The van der Waals surface area contributed by atoms with Crippen molar-refractivity contribution in [2.24, 2.45) is 0 Å². The molecule has 5 rings (SSSR count). The average Bonchev–Trinajstić information content (AvgIpc) is 3.37. The summed E-state index contributed by atoms with van der Waals surface area (Å²) in [5, 5.41) is 0. The predicted octanol–water partition coefficient (Wildman–Crippen LogP) is 4.24. The Hall–Kier alpha value is -4.04. The number of para-hydroxylation sites is 2. The van der Waals surface area contributed by atoms with Crippen molar-refractivity contribution < 1.29 is 18.9 Å². The fraction of sp³-hybridized carbons (Fsp3) is 0.185. The first-order valence-electron chi connectivity index (χ1n) is 11.1. The molecule has 2 aromatic heterocycles. The summed E-state index contributed by atoms with van der Waals surface area (Å²) in [5.74, 6) is 2.28. The average molecular weight is 489 g/mol. The number of benzene rings is 3. The van der Waals surface area contributed by atoms with Gasteiger partial charge in [-0.3, -0.25) is 4.79 Å². The molecule has 8 heteroatoms. The van der Waals surface area contributed by atoms with Crippen LogP contribution in [0, 0.1) is 6.92 Å². The summed E-state index contributed by atoms with van der Waals surface area (Å²) in [6.45, 7) is 2.69. The first-order chi connectivity index (χ1) is 17.1. The second-order valence-corrected chi connectivity index (χ2v) is 8.91. The molecule has 0 spiro atoms. The molecule has 178 valence electrons. The van der Waals surface area contributed by atoms with Crippen molar-refractivity contribution >= 4 is 33.4 Å². The molecule has 7 nitrogen and oxygen atoms in total. The van der Waals surface area contributed by atoms with Crippen LogP contribution in [0.2, 0.25) is 0 Å². The largest absolute Gasteiger partial charge is 0.493 e. The molecular formula is C27H24N2O5S. The molecule has 2 heterocycles. The topological polar surface area (TPSA) is 71.3 Å². The van der Waals surface area contributed by atoms with Gasteiger partial charge in [-0.25, -0.2) is 9.38 Å². The molecule has 35 heavy (non-hydrogen) atoms. The highest BCUT2D eigenvalue weighted by Gasteiger charge is 2.15. The van der Waals surface area contributed by atoms with Crippen molar-refractivity contribution in [3.8, 4) is 23.0 Å². The summed E-state index contributed by atoms with van der Waals surface area (Å²) in [6.07, 6.45) is 1.81. The summed E-state index contributed by atoms with van der Waals surface area (Å²) in [4.78, 5) is 18.3. The quantitative estimate of drug-likeness (QED) is 0.304. The van der Waals surface area contributed by atoms with Crippen LogP contribution < -0.4 is 29.0 Å². The van der Waals surface area contributed by atoms with Gasteiger partial charge in [0.2, 0.25) is 5.75 Å². The first-order valence-corrected chi connectivity index (χ1v) is 11.9. The third-order valence-electron chi connectivity index (χ3n) is 5.51. The van der Waals surface area contributed by atoms with Gasteiger partial charge in [0.15, 0.2) is 16.5 Å². The summed E-state index contributed by atoms with van der Waals surface area (Å²) in [5.41, 5.74) is 3.39. The van der Waals surface area contributed by atoms with E-state index in [0.717, 1.165) is 27.9 Å². The highest BCUT2D eigenvalue weighted by Crippen LogP contribution is 2.38. The van der Waals surface area contributed by atoms with Gasteiger partial charge in [0, 0.05) is 0 Å². The number of hydrogen-bond donors (Lipinski definition) is 0. The summed E-state index contributed by atoms with van der Waals surface area (Å²) in [7, 11) is 3.14. The van der Waals surface area contributed by atoms with E-state index < -0.39 is 0 Å². The minimum absolute atomic E-state index is 0.106. The highest BCUT2D eigenvalue weighted by atomic mass is 32.1. The fourth-order valence-corrected chi connectivity index (χ4v) is 4.88. The number of thiazole rings is 1. The lowest BCUT2D eigenvalue weighted by atomic mass is 10.1. The van der Waals surface area contributed by atoms with Gasteiger partial charge in [-0.2, -0.15) is 0 Å². The lowest BCUT2D eigenvalue weighted by molar-refractivity contribution is 0.205. The van der Waals surface area contributed by atoms with E-state index in [1.54, 1.807) is 18.6 Å². The Labute approximate surface area is 205 Å². The predicted molar refractivity (Wildman–Crippen MR) is 137 cm³/mol. The summed E-state index contributed by atoms with van der Waals surface area (Å²) < 4.78 is 25.1. The molecule has 0 aliphatic rings. The minimum Gasteiger partial charge on any atom is -0.493 e. The first kappa shape index (κ1) is 22.7. The van der Waals surface area contributed by atoms with Crippen molar-refractivity contribution in [2.45, 2.75) is 6.92 Å². The molecule has 0 atom stereocenters. The molecule has 0 amide bonds. The van der Waals surface area contributed by atoms with Crippen LogP contribution >= 0.6 is 11.3 Å². The molecule has 0 saturated heterocycles. The summed E-state index contributed by atoms with van der Waals surface area (Å²) >= 11 is 1.35. The zero-order valence-corrected chi connectivity index (χ0v) is 20.4. The zero-order chi connectivity index (χ0) is 24.4. The second-order valence-electron chi connectivity index (χ2n) is 7.90. The van der Waals surface area contributed by atoms with Crippen molar-refractivity contribution in [3.05, 3.63) is 86.7 Å². The van der Waals surface area contributed by atoms with E-state index >= 15 is 0 Å². The Balaban J connectivity index is 1.41. The van der Waals surface area contributed by atoms with Crippen molar-refractivity contribution in [1.82, 2.24) is 9.38 Å². The molecule has 0 radical (unpaired) electrons. The lowest BCUT2D eigenvalue weighted by Gasteiger charge is -2.15. The number of aromatic nitrogens is 2. The molecule has 0 unspecified atom stereocenters. The monoisotopic (exact) mass is 488 g/mol.